The molecule has 0 amide bonds. The monoisotopic (exact) mass is 355 g/mol. The van der Waals surface area contributed by atoms with Crippen molar-refractivity contribution < 1.29 is 18.4 Å². The number of hydrogen-bond donors (Lipinski definition) is 1. The number of benzene rings is 2. The third-order valence-electron chi connectivity index (χ3n) is 3.33. The molecule has 0 unspecified atom stereocenters. The fourth-order valence-electron chi connectivity index (χ4n) is 2.24. The van der Waals surface area contributed by atoms with E-state index in [1.165, 1.54) is 0 Å². The summed E-state index contributed by atoms with van der Waals surface area (Å²) < 4.78 is 32.5. The van der Waals surface area contributed by atoms with Crippen molar-refractivity contribution in [3.05, 3.63) is 63.6 Å². The summed E-state index contributed by atoms with van der Waals surface area (Å²) in [5.41, 5.74) is 0.707. The zero-order valence-electron chi connectivity index (χ0n) is 11.5. The van der Waals surface area contributed by atoms with Crippen LogP contribution >= 0.6 is 23.2 Å². The first-order valence-electron chi connectivity index (χ1n) is 6.52. The average molecular weight is 356 g/mol. The lowest BCUT2D eigenvalue weighted by atomic mass is 10.0. The molecule has 0 radical (unpaired) electrons. The molecule has 0 aliphatic heterocycles. The minimum atomic E-state index is -0.694. The SMILES string of the molecule is OCc1c(-c2cccc(Cl)c2Cl)noc1-c1cc(F)ccc1F. The normalized spacial score (nSPS) is 11.0. The molecule has 2 aromatic carbocycles. The summed E-state index contributed by atoms with van der Waals surface area (Å²) in [7, 11) is 0. The average Bonchev–Trinajstić information content (AvgIpc) is 2.96. The Bertz CT molecular complexity index is 861. The Labute approximate surface area is 140 Å². The Kier molecular flexibility index (Phi) is 4.35. The molecule has 1 aromatic heterocycles. The van der Waals surface area contributed by atoms with Gasteiger partial charge in [0.1, 0.15) is 17.3 Å². The summed E-state index contributed by atoms with van der Waals surface area (Å²) in [6.07, 6.45) is 0. The van der Waals surface area contributed by atoms with Crippen LogP contribution in [0.15, 0.2) is 40.9 Å². The highest BCUT2D eigenvalue weighted by molar-refractivity contribution is 6.43. The van der Waals surface area contributed by atoms with Crippen LogP contribution in [0.1, 0.15) is 5.56 Å². The van der Waals surface area contributed by atoms with Gasteiger partial charge in [-0.2, -0.15) is 0 Å². The van der Waals surface area contributed by atoms with Crippen LogP contribution in [-0.2, 0) is 6.61 Å². The van der Waals surface area contributed by atoms with Crippen molar-refractivity contribution in [2.75, 3.05) is 0 Å². The molecule has 0 spiro atoms. The summed E-state index contributed by atoms with van der Waals surface area (Å²) >= 11 is 12.1. The molecule has 3 rings (SSSR count). The van der Waals surface area contributed by atoms with Gasteiger partial charge in [-0.15, -0.1) is 0 Å². The molecule has 0 atom stereocenters. The summed E-state index contributed by atoms with van der Waals surface area (Å²) in [6.45, 7) is -0.493. The molecule has 0 aliphatic rings. The lowest BCUT2D eigenvalue weighted by molar-refractivity contribution is 0.281. The molecule has 1 heterocycles. The largest absolute Gasteiger partial charge is 0.391 e. The van der Waals surface area contributed by atoms with E-state index in [0.717, 1.165) is 18.2 Å². The molecule has 0 bridgehead atoms. The number of aliphatic hydroxyl groups is 1. The first kappa shape index (κ1) is 15.9. The van der Waals surface area contributed by atoms with Crippen molar-refractivity contribution in [3.8, 4) is 22.6 Å². The molecule has 23 heavy (non-hydrogen) atoms. The Morgan fingerprint density at radius 1 is 1.09 bits per heavy atom. The Hall–Kier alpha value is -1.95. The van der Waals surface area contributed by atoms with E-state index in [2.05, 4.69) is 5.16 Å². The van der Waals surface area contributed by atoms with E-state index in [1.807, 2.05) is 0 Å². The minimum Gasteiger partial charge on any atom is -0.391 e. The van der Waals surface area contributed by atoms with Gasteiger partial charge >= 0.3 is 0 Å². The highest BCUT2D eigenvalue weighted by atomic mass is 35.5. The maximum Gasteiger partial charge on any atom is 0.176 e. The van der Waals surface area contributed by atoms with Crippen molar-refractivity contribution in [3.63, 3.8) is 0 Å². The Morgan fingerprint density at radius 2 is 1.87 bits per heavy atom. The van der Waals surface area contributed by atoms with Gasteiger partial charge in [-0.3, -0.25) is 0 Å². The van der Waals surface area contributed by atoms with Crippen molar-refractivity contribution in [1.29, 1.82) is 0 Å². The van der Waals surface area contributed by atoms with E-state index in [0.29, 0.717) is 10.6 Å². The van der Waals surface area contributed by atoms with Crippen LogP contribution in [0.2, 0.25) is 10.0 Å². The Morgan fingerprint density at radius 3 is 2.61 bits per heavy atom. The molecule has 7 heteroatoms. The van der Waals surface area contributed by atoms with E-state index in [-0.39, 0.29) is 27.6 Å². The summed E-state index contributed by atoms with van der Waals surface area (Å²) in [4.78, 5) is 0. The standard InChI is InChI=1S/C16H9Cl2F2NO2/c17-12-3-1-2-9(14(12)18)15-11(7-22)16(23-21-15)10-6-8(19)4-5-13(10)20/h1-6,22H,7H2. The number of aliphatic hydroxyl groups excluding tert-OH is 1. The van der Waals surface area contributed by atoms with Gasteiger partial charge in [0, 0.05) is 5.56 Å². The zero-order chi connectivity index (χ0) is 16.6. The first-order valence-corrected chi connectivity index (χ1v) is 7.27. The number of nitrogens with zero attached hydrogens (tertiary/aromatic N) is 1. The summed E-state index contributed by atoms with van der Waals surface area (Å²) in [5, 5.41) is 14.0. The summed E-state index contributed by atoms with van der Waals surface area (Å²) in [6, 6.07) is 7.82. The van der Waals surface area contributed by atoms with Gasteiger partial charge < -0.3 is 9.63 Å². The topological polar surface area (TPSA) is 46.3 Å². The lowest BCUT2D eigenvalue weighted by Gasteiger charge is -2.05. The van der Waals surface area contributed by atoms with Crippen molar-refractivity contribution in [2.45, 2.75) is 6.61 Å². The van der Waals surface area contributed by atoms with Gasteiger partial charge in [-0.25, -0.2) is 8.78 Å². The number of hydrogen-bond acceptors (Lipinski definition) is 3. The van der Waals surface area contributed by atoms with E-state index in [9.17, 15) is 13.9 Å². The van der Waals surface area contributed by atoms with E-state index in [1.54, 1.807) is 18.2 Å². The molecule has 3 nitrogen and oxygen atoms in total. The van der Waals surface area contributed by atoms with Crippen LogP contribution < -0.4 is 0 Å². The highest BCUT2D eigenvalue weighted by Crippen LogP contribution is 2.38. The Balaban J connectivity index is 2.21. The number of rotatable bonds is 3. The quantitative estimate of drug-likeness (QED) is 0.711. The predicted octanol–water partition coefficient (Wildman–Crippen LogP) is 5.09. The van der Waals surface area contributed by atoms with Gasteiger partial charge in [0.15, 0.2) is 5.76 Å². The zero-order valence-corrected chi connectivity index (χ0v) is 13.0. The molecule has 3 aromatic rings. The van der Waals surface area contributed by atoms with Crippen LogP contribution in [-0.4, -0.2) is 10.3 Å². The fraction of sp³-hybridized carbons (Fsp3) is 0.0625. The lowest BCUT2D eigenvalue weighted by Crippen LogP contribution is -1.92. The molecular weight excluding hydrogens is 347 g/mol. The summed E-state index contributed by atoms with van der Waals surface area (Å²) in [5.74, 6) is -1.39. The van der Waals surface area contributed by atoms with E-state index in [4.69, 9.17) is 27.7 Å². The second-order valence-electron chi connectivity index (χ2n) is 4.72. The van der Waals surface area contributed by atoms with Gasteiger partial charge in [0.05, 0.1) is 27.8 Å². The van der Waals surface area contributed by atoms with E-state index < -0.39 is 18.2 Å². The van der Waals surface area contributed by atoms with Crippen LogP contribution in [0.5, 0.6) is 0 Å². The van der Waals surface area contributed by atoms with Gasteiger partial charge in [-0.1, -0.05) is 40.5 Å². The maximum absolute atomic E-state index is 13.9. The molecule has 0 saturated heterocycles. The fourth-order valence-corrected chi connectivity index (χ4v) is 2.63. The predicted molar refractivity (Wildman–Crippen MR) is 83.2 cm³/mol. The molecule has 0 saturated carbocycles. The number of halogens is 4. The van der Waals surface area contributed by atoms with Crippen LogP contribution in [0.4, 0.5) is 8.78 Å². The second kappa shape index (κ2) is 6.28. The van der Waals surface area contributed by atoms with Crippen LogP contribution in [0, 0.1) is 11.6 Å². The van der Waals surface area contributed by atoms with Gasteiger partial charge in [0.25, 0.3) is 0 Å². The smallest absolute Gasteiger partial charge is 0.176 e. The molecule has 0 fully saturated rings. The third kappa shape index (κ3) is 2.83. The molecular formula is C16H9Cl2F2NO2. The molecule has 0 aliphatic carbocycles. The van der Waals surface area contributed by atoms with Gasteiger partial charge in [-0.05, 0) is 24.3 Å². The number of aromatic nitrogens is 1. The third-order valence-corrected chi connectivity index (χ3v) is 4.14. The van der Waals surface area contributed by atoms with Crippen LogP contribution in [0.25, 0.3) is 22.6 Å². The maximum atomic E-state index is 13.9. The van der Waals surface area contributed by atoms with Crippen LogP contribution in [0.3, 0.4) is 0 Å². The first-order chi connectivity index (χ1) is 11.0. The highest BCUT2D eigenvalue weighted by Gasteiger charge is 2.23. The van der Waals surface area contributed by atoms with Crippen molar-refractivity contribution in [1.82, 2.24) is 5.16 Å². The van der Waals surface area contributed by atoms with Crippen molar-refractivity contribution in [2.24, 2.45) is 0 Å². The second-order valence-corrected chi connectivity index (χ2v) is 5.51. The minimum absolute atomic E-state index is 0.0597. The molecule has 1 N–H and O–H groups in total. The van der Waals surface area contributed by atoms with E-state index >= 15 is 0 Å². The molecule has 118 valence electrons. The van der Waals surface area contributed by atoms with Crippen molar-refractivity contribution >= 4 is 23.2 Å². The van der Waals surface area contributed by atoms with Gasteiger partial charge in [0.2, 0.25) is 0 Å².